The van der Waals surface area contributed by atoms with Crippen LogP contribution in [0.2, 0.25) is 5.02 Å². The molecular formula is C11H8ClN5S. The van der Waals surface area contributed by atoms with Crippen LogP contribution in [0.1, 0.15) is 5.56 Å². The summed E-state index contributed by atoms with van der Waals surface area (Å²) in [5.41, 5.74) is 2.48. The van der Waals surface area contributed by atoms with Crippen molar-refractivity contribution in [2.75, 3.05) is 0 Å². The highest BCUT2D eigenvalue weighted by molar-refractivity contribution is 7.98. The third-order valence-corrected chi connectivity index (χ3v) is 3.74. The fourth-order valence-electron chi connectivity index (χ4n) is 1.50. The molecule has 0 unspecified atom stereocenters. The van der Waals surface area contributed by atoms with E-state index in [1.165, 1.54) is 5.56 Å². The molecule has 2 heterocycles. The zero-order chi connectivity index (χ0) is 12.4. The lowest BCUT2D eigenvalue weighted by atomic mass is 10.2. The van der Waals surface area contributed by atoms with Crippen molar-refractivity contribution in [2.45, 2.75) is 10.6 Å². The number of nitrogens with one attached hydrogen (secondary N) is 1. The highest BCUT2D eigenvalue weighted by Gasteiger charge is 2.07. The Morgan fingerprint density at radius 1 is 1.17 bits per heavy atom. The van der Waals surface area contributed by atoms with E-state index in [-0.39, 0.29) is 0 Å². The van der Waals surface area contributed by atoms with Crippen LogP contribution in [0.5, 0.6) is 0 Å². The maximum atomic E-state index is 5.84. The second-order valence-corrected chi connectivity index (χ2v) is 5.07. The number of fused-ring (bicyclic) bond motifs is 1. The maximum Gasteiger partial charge on any atom is 0.224 e. The van der Waals surface area contributed by atoms with E-state index in [1.54, 1.807) is 18.0 Å². The Labute approximate surface area is 112 Å². The summed E-state index contributed by atoms with van der Waals surface area (Å²) in [6.07, 6.45) is 1.70. The Balaban J connectivity index is 1.80. The van der Waals surface area contributed by atoms with Gasteiger partial charge in [-0.1, -0.05) is 23.7 Å². The van der Waals surface area contributed by atoms with Crippen LogP contribution in [-0.4, -0.2) is 25.6 Å². The molecule has 90 valence electrons. The minimum Gasteiger partial charge on any atom is -0.195 e. The average Bonchev–Trinajstić information content (AvgIpc) is 2.87. The summed E-state index contributed by atoms with van der Waals surface area (Å²) in [5.74, 6) is 0.824. The first-order valence-corrected chi connectivity index (χ1v) is 6.59. The van der Waals surface area contributed by atoms with Gasteiger partial charge >= 0.3 is 0 Å². The molecule has 0 saturated heterocycles. The molecule has 0 aliphatic heterocycles. The van der Waals surface area contributed by atoms with E-state index in [2.05, 4.69) is 25.6 Å². The lowest BCUT2D eigenvalue weighted by Crippen LogP contribution is -1.86. The average molecular weight is 278 g/mol. The third kappa shape index (κ3) is 2.30. The smallest absolute Gasteiger partial charge is 0.195 e. The van der Waals surface area contributed by atoms with Crippen LogP contribution >= 0.6 is 23.4 Å². The number of hydrogen-bond acceptors (Lipinski definition) is 5. The minimum atomic E-state index is 0.538. The first-order chi connectivity index (χ1) is 8.83. The van der Waals surface area contributed by atoms with Gasteiger partial charge in [0.15, 0.2) is 0 Å². The predicted molar refractivity (Wildman–Crippen MR) is 70.5 cm³/mol. The van der Waals surface area contributed by atoms with E-state index in [0.717, 1.165) is 21.2 Å². The lowest BCUT2D eigenvalue weighted by Gasteiger charge is -2.01. The van der Waals surface area contributed by atoms with Crippen molar-refractivity contribution in [1.29, 1.82) is 0 Å². The van der Waals surface area contributed by atoms with E-state index in [9.17, 15) is 0 Å². The molecule has 0 radical (unpaired) electrons. The van der Waals surface area contributed by atoms with Gasteiger partial charge in [0.05, 0.1) is 11.1 Å². The number of benzene rings is 1. The molecule has 0 aliphatic rings. The van der Waals surface area contributed by atoms with Crippen molar-refractivity contribution in [1.82, 2.24) is 25.6 Å². The van der Waals surface area contributed by atoms with E-state index >= 15 is 0 Å². The second kappa shape index (κ2) is 4.91. The molecule has 0 spiro atoms. The van der Waals surface area contributed by atoms with Gasteiger partial charge in [0.25, 0.3) is 0 Å². The number of halogens is 1. The summed E-state index contributed by atoms with van der Waals surface area (Å²) in [6, 6.07) is 7.77. The number of rotatable bonds is 3. The molecule has 7 heteroatoms. The molecule has 5 nitrogen and oxygen atoms in total. The van der Waals surface area contributed by atoms with Crippen molar-refractivity contribution in [2.24, 2.45) is 0 Å². The normalized spacial score (nSPS) is 10.9. The molecule has 0 atom stereocenters. The van der Waals surface area contributed by atoms with E-state index < -0.39 is 0 Å². The van der Waals surface area contributed by atoms with Gasteiger partial charge in [-0.15, -0.1) is 22.0 Å². The highest BCUT2D eigenvalue weighted by Crippen LogP contribution is 2.26. The third-order valence-electron chi connectivity index (χ3n) is 2.40. The summed E-state index contributed by atoms with van der Waals surface area (Å²) in [4.78, 5) is 0.962. The molecule has 2 aromatic heterocycles. The lowest BCUT2D eigenvalue weighted by molar-refractivity contribution is 0.946. The number of nitrogens with zero attached hydrogens (tertiary/aromatic N) is 4. The SMILES string of the molecule is Clc1ccc(CSc2cnnc3n[nH]nc23)cc1. The standard InChI is InChI=1S/C11H8ClN5S/c12-8-3-1-7(2-4-8)6-18-9-5-13-15-11-10(9)14-17-16-11/h1-5H,6H2,(H,14,15,16,17). The Kier molecular flexibility index (Phi) is 3.12. The van der Waals surface area contributed by atoms with Crippen LogP contribution in [0.25, 0.3) is 11.2 Å². The highest BCUT2D eigenvalue weighted by atomic mass is 35.5. The van der Waals surface area contributed by atoms with E-state index in [1.807, 2.05) is 24.3 Å². The van der Waals surface area contributed by atoms with Gasteiger partial charge in [-0.2, -0.15) is 15.4 Å². The van der Waals surface area contributed by atoms with E-state index in [0.29, 0.717) is 5.65 Å². The Bertz CT molecular complexity index is 667. The zero-order valence-electron chi connectivity index (χ0n) is 9.17. The van der Waals surface area contributed by atoms with Gasteiger partial charge in [-0.25, -0.2) is 0 Å². The number of H-pyrrole nitrogens is 1. The van der Waals surface area contributed by atoms with Gasteiger partial charge in [0, 0.05) is 10.8 Å². The number of aromatic amines is 1. The van der Waals surface area contributed by atoms with Gasteiger partial charge < -0.3 is 0 Å². The van der Waals surface area contributed by atoms with Crippen LogP contribution in [0.15, 0.2) is 35.4 Å². The van der Waals surface area contributed by atoms with Crippen molar-refractivity contribution in [3.63, 3.8) is 0 Å². The molecule has 0 bridgehead atoms. The minimum absolute atomic E-state index is 0.538. The second-order valence-electron chi connectivity index (χ2n) is 3.62. The number of hydrogen-bond donors (Lipinski definition) is 1. The fraction of sp³-hybridized carbons (Fsp3) is 0.0909. The number of thioether (sulfide) groups is 1. The molecular weight excluding hydrogens is 270 g/mol. The molecule has 0 saturated carbocycles. The topological polar surface area (TPSA) is 67.3 Å². The summed E-state index contributed by atoms with van der Waals surface area (Å²) >= 11 is 7.49. The van der Waals surface area contributed by atoms with Crippen molar-refractivity contribution in [3.05, 3.63) is 41.0 Å². The van der Waals surface area contributed by atoms with Crippen LogP contribution in [0.4, 0.5) is 0 Å². The van der Waals surface area contributed by atoms with Gasteiger partial charge in [-0.3, -0.25) is 0 Å². The maximum absolute atomic E-state index is 5.84. The Morgan fingerprint density at radius 2 is 2.00 bits per heavy atom. The predicted octanol–water partition coefficient (Wildman–Crippen LogP) is 2.69. The van der Waals surface area contributed by atoms with Gasteiger partial charge in [0.1, 0.15) is 5.52 Å². The summed E-state index contributed by atoms with van der Waals surface area (Å²) < 4.78 is 0. The first kappa shape index (κ1) is 11.4. The molecule has 1 N–H and O–H groups in total. The van der Waals surface area contributed by atoms with Gasteiger partial charge in [-0.05, 0) is 17.7 Å². The van der Waals surface area contributed by atoms with Crippen molar-refractivity contribution < 1.29 is 0 Å². The fourth-order valence-corrected chi connectivity index (χ4v) is 2.54. The monoisotopic (exact) mass is 277 g/mol. The Hall–Kier alpha value is -1.66. The van der Waals surface area contributed by atoms with Gasteiger partial charge in [0.2, 0.25) is 5.65 Å². The number of aromatic nitrogens is 5. The molecule has 3 rings (SSSR count). The van der Waals surface area contributed by atoms with Crippen LogP contribution in [-0.2, 0) is 5.75 Å². The van der Waals surface area contributed by atoms with E-state index in [4.69, 9.17) is 11.6 Å². The summed E-state index contributed by atoms with van der Waals surface area (Å²) in [6.45, 7) is 0. The zero-order valence-corrected chi connectivity index (χ0v) is 10.7. The molecule has 0 aliphatic carbocycles. The van der Waals surface area contributed by atoms with Crippen molar-refractivity contribution in [3.8, 4) is 0 Å². The van der Waals surface area contributed by atoms with Crippen LogP contribution in [0.3, 0.4) is 0 Å². The van der Waals surface area contributed by atoms with Crippen molar-refractivity contribution >= 4 is 34.5 Å². The molecule has 1 aromatic carbocycles. The molecule has 3 aromatic rings. The van der Waals surface area contributed by atoms with Crippen LogP contribution in [0, 0.1) is 0 Å². The molecule has 0 amide bonds. The summed E-state index contributed by atoms with van der Waals surface area (Å²) in [7, 11) is 0. The quantitative estimate of drug-likeness (QED) is 0.746. The molecule has 0 fully saturated rings. The first-order valence-electron chi connectivity index (χ1n) is 5.22. The molecule has 18 heavy (non-hydrogen) atoms. The Morgan fingerprint density at radius 3 is 2.83 bits per heavy atom. The summed E-state index contributed by atoms with van der Waals surface area (Å²) in [5, 5.41) is 19.0. The largest absolute Gasteiger partial charge is 0.224 e. The van der Waals surface area contributed by atoms with Crippen LogP contribution < -0.4 is 0 Å².